The molecule has 2 aromatic carbocycles. The Balaban J connectivity index is 1.41. The summed E-state index contributed by atoms with van der Waals surface area (Å²) in [6.45, 7) is 0. The lowest BCUT2D eigenvalue weighted by atomic mass is 10.1. The van der Waals surface area contributed by atoms with Gasteiger partial charge in [-0.25, -0.2) is 4.39 Å². The van der Waals surface area contributed by atoms with E-state index in [2.05, 4.69) is 15.4 Å². The molecule has 2 heterocycles. The van der Waals surface area contributed by atoms with Gasteiger partial charge in [-0.15, -0.1) is 11.8 Å². The third kappa shape index (κ3) is 5.12. The van der Waals surface area contributed by atoms with Crippen molar-refractivity contribution in [3.8, 4) is 0 Å². The van der Waals surface area contributed by atoms with Crippen molar-refractivity contribution in [3.05, 3.63) is 84.4 Å². The van der Waals surface area contributed by atoms with Crippen LogP contribution in [0.5, 0.6) is 0 Å². The molecule has 3 aromatic rings. The third-order valence-electron chi connectivity index (χ3n) is 4.83. The minimum absolute atomic E-state index is 0.0671. The van der Waals surface area contributed by atoms with Gasteiger partial charge in [-0.3, -0.25) is 19.6 Å². The van der Waals surface area contributed by atoms with Gasteiger partial charge in [-0.2, -0.15) is 5.10 Å². The van der Waals surface area contributed by atoms with Gasteiger partial charge in [0.15, 0.2) is 0 Å². The second-order valence-corrected chi connectivity index (χ2v) is 8.17. The molecule has 0 fully saturated rings. The zero-order chi connectivity index (χ0) is 22.5. The molecule has 4 rings (SSSR count). The van der Waals surface area contributed by atoms with Gasteiger partial charge in [-0.05, 0) is 60.2 Å². The van der Waals surface area contributed by atoms with Gasteiger partial charge in [0.1, 0.15) is 17.6 Å². The average Bonchev–Trinajstić information content (AvgIpc) is 3.26. The number of hydrogen-bond donors (Lipinski definition) is 2. The van der Waals surface area contributed by atoms with Crippen molar-refractivity contribution >= 4 is 40.7 Å². The van der Waals surface area contributed by atoms with Crippen LogP contribution in [-0.2, 0) is 15.3 Å². The maximum atomic E-state index is 13.2. The van der Waals surface area contributed by atoms with Gasteiger partial charge in [0.25, 0.3) is 5.91 Å². The van der Waals surface area contributed by atoms with Crippen LogP contribution in [0.2, 0.25) is 0 Å². The number of nitrogens with zero attached hydrogens (tertiary/aromatic N) is 3. The van der Waals surface area contributed by atoms with E-state index in [-0.39, 0.29) is 12.1 Å². The number of thioether (sulfide) groups is 1. The highest BCUT2D eigenvalue weighted by atomic mass is 32.2. The quantitative estimate of drug-likeness (QED) is 0.537. The first-order chi connectivity index (χ1) is 15.5. The molecule has 32 heavy (non-hydrogen) atoms. The first kappa shape index (κ1) is 21.5. The van der Waals surface area contributed by atoms with Crippen LogP contribution in [0.4, 0.5) is 15.8 Å². The Morgan fingerprint density at radius 3 is 2.53 bits per heavy atom. The highest BCUT2D eigenvalue weighted by molar-refractivity contribution is 7.98. The number of rotatable bonds is 7. The largest absolute Gasteiger partial charge is 0.368 e. The number of nitrogens with one attached hydrogen (secondary N) is 1. The summed E-state index contributed by atoms with van der Waals surface area (Å²) in [6.07, 6.45) is 3.64. The zero-order valence-electron chi connectivity index (χ0n) is 16.9. The number of aromatic nitrogens is 1. The molecule has 1 aliphatic heterocycles. The van der Waals surface area contributed by atoms with E-state index in [0.29, 0.717) is 11.4 Å². The van der Waals surface area contributed by atoms with Crippen molar-refractivity contribution in [2.75, 3.05) is 10.3 Å². The molecule has 162 valence electrons. The van der Waals surface area contributed by atoms with Crippen LogP contribution in [0.3, 0.4) is 0 Å². The molecule has 3 N–H and O–H groups in total. The number of benzene rings is 2. The molecule has 2 amide bonds. The number of carbonyl (C=O) groups is 2. The normalized spacial score (nSPS) is 15.3. The number of hydrogen-bond acceptors (Lipinski definition) is 6. The van der Waals surface area contributed by atoms with Crippen molar-refractivity contribution < 1.29 is 14.0 Å². The fourth-order valence-electron chi connectivity index (χ4n) is 3.19. The summed E-state index contributed by atoms with van der Waals surface area (Å²) in [7, 11) is 0. The topological polar surface area (TPSA) is 101 Å². The number of nitrogens with two attached hydrogens (primary N) is 1. The number of primary amides is 1. The molecule has 1 aromatic heterocycles. The molecule has 0 aliphatic carbocycles. The second-order valence-electron chi connectivity index (χ2n) is 7.12. The standard InChI is InChI=1S/C23H20FN5O2S/c24-16-3-7-18(8-4-16)29-21(22(25)30)12-20(28-29)23(31)27-17-5-9-19(10-6-17)32-14-15-2-1-11-26-13-15/h1-11,13,21H,12,14H2,(H2,25,30)(H,27,31)/t21-/m0/s1. The van der Waals surface area contributed by atoms with Crippen LogP contribution in [0.15, 0.2) is 83.1 Å². The summed E-state index contributed by atoms with van der Waals surface area (Å²) in [5.74, 6) is -0.649. The Bertz CT molecular complexity index is 1140. The molecule has 9 heteroatoms. The maximum absolute atomic E-state index is 13.2. The summed E-state index contributed by atoms with van der Waals surface area (Å²) in [4.78, 5) is 29.8. The number of pyridine rings is 1. The van der Waals surface area contributed by atoms with E-state index in [9.17, 15) is 14.0 Å². The highest BCUT2D eigenvalue weighted by Crippen LogP contribution is 2.26. The Labute approximate surface area is 188 Å². The van der Waals surface area contributed by atoms with E-state index >= 15 is 0 Å². The van der Waals surface area contributed by atoms with Crippen LogP contribution in [-0.4, -0.2) is 28.6 Å². The van der Waals surface area contributed by atoms with Gasteiger partial charge in [0.2, 0.25) is 5.91 Å². The monoisotopic (exact) mass is 449 g/mol. The van der Waals surface area contributed by atoms with Crippen molar-refractivity contribution in [2.24, 2.45) is 10.8 Å². The average molecular weight is 450 g/mol. The lowest BCUT2D eigenvalue weighted by Gasteiger charge is -2.20. The Morgan fingerprint density at radius 2 is 1.88 bits per heavy atom. The first-order valence-corrected chi connectivity index (χ1v) is 10.8. The number of halogens is 1. The van der Waals surface area contributed by atoms with Gasteiger partial charge in [0.05, 0.1) is 5.69 Å². The minimum Gasteiger partial charge on any atom is -0.368 e. The zero-order valence-corrected chi connectivity index (χ0v) is 17.8. The van der Waals surface area contributed by atoms with Crippen molar-refractivity contribution in [3.63, 3.8) is 0 Å². The molecule has 1 atom stereocenters. The number of amides is 2. The summed E-state index contributed by atoms with van der Waals surface area (Å²) in [6, 6.07) is 16.1. The molecule has 0 spiro atoms. The lowest BCUT2D eigenvalue weighted by molar-refractivity contribution is -0.119. The minimum atomic E-state index is -0.813. The molecule has 0 radical (unpaired) electrons. The van der Waals surface area contributed by atoms with Crippen LogP contribution in [0.1, 0.15) is 12.0 Å². The van der Waals surface area contributed by atoms with Crippen molar-refractivity contribution in [1.29, 1.82) is 0 Å². The molecular weight excluding hydrogens is 429 g/mol. The maximum Gasteiger partial charge on any atom is 0.271 e. The molecular formula is C23H20FN5O2S. The third-order valence-corrected chi connectivity index (χ3v) is 5.92. The molecule has 1 aliphatic rings. The first-order valence-electron chi connectivity index (χ1n) is 9.84. The lowest BCUT2D eigenvalue weighted by Crippen LogP contribution is -2.39. The summed E-state index contributed by atoms with van der Waals surface area (Å²) >= 11 is 1.67. The van der Waals surface area contributed by atoms with E-state index < -0.39 is 23.7 Å². The van der Waals surface area contributed by atoms with E-state index in [4.69, 9.17) is 5.73 Å². The second kappa shape index (κ2) is 9.61. The molecule has 0 bridgehead atoms. The van der Waals surface area contributed by atoms with Crippen LogP contribution in [0.25, 0.3) is 0 Å². The Morgan fingerprint density at radius 1 is 1.12 bits per heavy atom. The summed E-state index contributed by atoms with van der Waals surface area (Å²) < 4.78 is 13.2. The van der Waals surface area contributed by atoms with Gasteiger partial charge in [-0.1, -0.05) is 6.07 Å². The fourth-order valence-corrected chi connectivity index (χ4v) is 4.02. The van der Waals surface area contributed by atoms with E-state index in [1.54, 1.807) is 18.0 Å². The fraction of sp³-hybridized carbons (Fsp3) is 0.130. The van der Waals surface area contributed by atoms with Crippen LogP contribution < -0.4 is 16.1 Å². The van der Waals surface area contributed by atoms with Crippen molar-refractivity contribution in [2.45, 2.75) is 23.1 Å². The Hall–Kier alpha value is -3.72. The SMILES string of the molecule is NC(=O)[C@@H]1CC(C(=O)Nc2ccc(SCc3cccnc3)cc2)=NN1c1ccc(F)cc1. The Kier molecular flexibility index (Phi) is 6.46. The molecule has 0 saturated heterocycles. The molecule has 7 nitrogen and oxygen atoms in total. The van der Waals surface area contributed by atoms with E-state index in [1.165, 1.54) is 29.3 Å². The predicted molar refractivity (Wildman–Crippen MR) is 123 cm³/mol. The van der Waals surface area contributed by atoms with Gasteiger partial charge in [0, 0.05) is 35.2 Å². The smallest absolute Gasteiger partial charge is 0.271 e. The highest BCUT2D eigenvalue weighted by Gasteiger charge is 2.35. The van der Waals surface area contributed by atoms with Gasteiger partial charge < -0.3 is 11.1 Å². The number of carbonyl (C=O) groups excluding carboxylic acids is 2. The number of anilines is 2. The van der Waals surface area contributed by atoms with Crippen LogP contribution in [0, 0.1) is 5.82 Å². The summed E-state index contributed by atoms with van der Waals surface area (Å²) in [5.41, 5.74) is 7.88. The van der Waals surface area contributed by atoms with Gasteiger partial charge >= 0.3 is 0 Å². The van der Waals surface area contributed by atoms with E-state index in [0.717, 1.165) is 16.2 Å². The predicted octanol–water partition coefficient (Wildman–Crippen LogP) is 3.57. The van der Waals surface area contributed by atoms with E-state index in [1.807, 2.05) is 42.6 Å². The molecule has 0 unspecified atom stereocenters. The number of hydrazone groups is 1. The molecule has 0 saturated carbocycles. The van der Waals surface area contributed by atoms with Crippen molar-refractivity contribution in [1.82, 2.24) is 4.98 Å². The summed E-state index contributed by atoms with van der Waals surface area (Å²) in [5, 5.41) is 8.43. The van der Waals surface area contributed by atoms with Crippen LogP contribution >= 0.6 is 11.8 Å².